The van der Waals surface area contributed by atoms with Crippen LogP contribution < -0.4 is 16.4 Å². The molecule has 1 saturated carbocycles. The third kappa shape index (κ3) is 6.22. The van der Waals surface area contributed by atoms with Gasteiger partial charge in [0.25, 0.3) is 0 Å². The summed E-state index contributed by atoms with van der Waals surface area (Å²) in [5.74, 6) is 0.524. The van der Waals surface area contributed by atoms with Crippen molar-refractivity contribution in [3.8, 4) is 0 Å². The van der Waals surface area contributed by atoms with Gasteiger partial charge in [-0.1, -0.05) is 47.3 Å². The highest BCUT2D eigenvalue weighted by Crippen LogP contribution is 2.23. The Labute approximate surface area is 145 Å². The van der Waals surface area contributed by atoms with Crippen LogP contribution in [0.3, 0.4) is 0 Å². The van der Waals surface area contributed by atoms with Gasteiger partial charge in [0.15, 0.2) is 0 Å². The van der Waals surface area contributed by atoms with Crippen LogP contribution in [0.25, 0.3) is 0 Å². The smallest absolute Gasteiger partial charge is 0.312 e. The van der Waals surface area contributed by atoms with Crippen molar-refractivity contribution in [2.75, 3.05) is 6.54 Å². The van der Waals surface area contributed by atoms with Crippen LogP contribution in [0, 0.1) is 5.92 Å². The van der Waals surface area contributed by atoms with Crippen LogP contribution >= 0.6 is 15.9 Å². The molecular formula is C17H24BrN3O2. The van der Waals surface area contributed by atoms with E-state index in [4.69, 9.17) is 5.73 Å². The Kier molecular flexibility index (Phi) is 6.89. The second-order valence-corrected chi connectivity index (χ2v) is 7.04. The maximum Gasteiger partial charge on any atom is 0.312 e. The summed E-state index contributed by atoms with van der Waals surface area (Å²) in [6, 6.07) is 6.48. The first-order valence-electron chi connectivity index (χ1n) is 8.12. The number of nitrogens with one attached hydrogen (secondary N) is 2. The molecule has 0 bridgehead atoms. The van der Waals surface area contributed by atoms with Gasteiger partial charge in [-0.3, -0.25) is 4.79 Å². The molecule has 1 atom stereocenters. The van der Waals surface area contributed by atoms with E-state index in [-0.39, 0.29) is 12.3 Å². The number of benzene rings is 1. The fraction of sp³-hybridized carbons (Fsp3) is 0.529. The van der Waals surface area contributed by atoms with Gasteiger partial charge in [-0.15, -0.1) is 0 Å². The predicted octanol–water partition coefficient (Wildman–Crippen LogP) is 3.25. The van der Waals surface area contributed by atoms with Gasteiger partial charge in [0.2, 0.25) is 5.91 Å². The second kappa shape index (κ2) is 8.91. The van der Waals surface area contributed by atoms with E-state index >= 15 is 0 Å². The van der Waals surface area contributed by atoms with Crippen LogP contribution in [0.5, 0.6) is 0 Å². The monoisotopic (exact) mass is 381 g/mol. The van der Waals surface area contributed by atoms with E-state index in [1.807, 2.05) is 24.3 Å². The quantitative estimate of drug-likeness (QED) is 0.706. The van der Waals surface area contributed by atoms with Crippen LogP contribution in [-0.2, 0) is 4.79 Å². The Morgan fingerprint density at radius 3 is 2.65 bits per heavy atom. The summed E-state index contributed by atoms with van der Waals surface area (Å²) >= 11 is 3.40. The lowest BCUT2D eigenvalue weighted by molar-refractivity contribution is -0.121. The van der Waals surface area contributed by atoms with Crippen molar-refractivity contribution in [1.82, 2.24) is 10.6 Å². The molecule has 1 aliphatic rings. The minimum absolute atomic E-state index is 0.0608. The Bertz CT molecular complexity index is 544. The first kappa shape index (κ1) is 17.8. The molecule has 0 aliphatic heterocycles. The van der Waals surface area contributed by atoms with Crippen LogP contribution in [0.15, 0.2) is 28.7 Å². The topological polar surface area (TPSA) is 84.2 Å². The van der Waals surface area contributed by atoms with Crippen molar-refractivity contribution in [3.05, 3.63) is 34.3 Å². The zero-order valence-electron chi connectivity index (χ0n) is 13.2. The van der Waals surface area contributed by atoms with Crippen molar-refractivity contribution in [3.63, 3.8) is 0 Å². The number of nitrogens with two attached hydrogens (primary N) is 1. The molecule has 23 heavy (non-hydrogen) atoms. The lowest BCUT2D eigenvalue weighted by Gasteiger charge is -2.23. The number of carbonyl (C=O) groups is 2. The first-order chi connectivity index (χ1) is 11.0. The molecule has 4 N–H and O–H groups in total. The highest BCUT2D eigenvalue weighted by Gasteiger charge is 2.19. The van der Waals surface area contributed by atoms with E-state index in [2.05, 4.69) is 26.6 Å². The molecule has 1 fully saturated rings. The Hall–Kier alpha value is -1.56. The standard InChI is InChI=1S/C17H24BrN3O2/c18-14-8-4-7-13(9-14)15(21-17(19)23)10-16(22)20-11-12-5-2-1-3-6-12/h4,7-9,12,15H,1-3,5-6,10-11H2,(H,20,22)(H3,19,21,23)/t15-/m1/s1. The van der Waals surface area contributed by atoms with E-state index in [0.717, 1.165) is 16.6 Å². The Balaban J connectivity index is 1.91. The summed E-state index contributed by atoms with van der Waals surface area (Å²) < 4.78 is 0.897. The minimum Gasteiger partial charge on any atom is -0.356 e. The molecule has 0 spiro atoms. The van der Waals surface area contributed by atoms with Gasteiger partial charge in [-0.05, 0) is 36.5 Å². The normalized spacial score (nSPS) is 16.6. The number of urea groups is 1. The van der Waals surface area contributed by atoms with Gasteiger partial charge >= 0.3 is 6.03 Å². The summed E-state index contributed by atoms with van der Waals surface area (Å²) in [4.78, 5) is 23.4. The molecule has 0 saturated heterocycles. The summed E-state index contributed by atoms with van der Waals surface area (Å²) in [7, 11) is 0. The van der Waals surface area contributed by atoms with Crippen molar-refractivity contribution in [2.45, 2.75) is 44.6 Å². The van der Waals surface area contributed by atoms with Crippen LogP contribution in [0.1, 0.15) is 50.1 Å². The highest BCUT2D eigenvalue weighted by molar-refractivity contribution is 9.10. The van der Waals surface area contributed by atoms with Gasteiger partial charge in [0.05, 0.1) is 12.5 Å². The SMILES string of the molecule is NC(=O)N[C@H](CC(=O)NCC1CCCCC1)c1cccc(Br)c1. The van der Waals surface area contributed by atoms with Gasteiger partial charge in [-0.25, -0.2) is 4.79 Å². The van der Waals surface area contributed by atoms with Gasteiger partial charge in [-0.2, -0.15) is 0 Å². The van der Waals surface area contributed by atoms with Crippen LogP contribution in [0.4, 0.5) is 4.79 Å². The maximum atomic E-state index is 12.2. The summed E-state index contributed by atoms with van der Waals surface area (Å²) in [5, 5.41) is 5.65. The van der Waals surface area contributed by atoms with Crippen molar-refractivity contribution in [1.29, 1.82) is 0 Å². The summed E-state index contributed by atoms with van der Waals surface area (Å²) in [6.07, 6.45) is 6.38. The molecule has 5 nitrogen and oxygen atoms in total. The van der Waals surface area contributed by atoms with Gasteiger partial charge < -0.3 is 16.4 Å². The molecule has 0 aromatic heterocycles. The predicted molar refractivity (Wildman–Crippen MR) is 93.8 cm³/mol. The molecule has 0 radical (unpaired) electrons. The molecule has 1 aliphatic carbocycles. The molecular weight excluding hydrogens is 358 g/mol. The van der Waals surface area contributed by atoms with Gasteiger partial charge in [0.1, 0.15) is 0 Å². The minimum atomic E-state index is -0.630. The molecule has 0 heterocycles. The number of primary amides is 1. The number of rotatable bonds is 6. The second-order valence-electron chi connectivity index (χ2n) is 6.13. The van der Waals surface area contributed by atoms with E-state index in [9.17, 15) is 9.59 Å². The lowest BCUT2D eigenvalue weighted by atomic mass is 9.89. The summed E-state index contributed by atoms with van der Waals surface area (Å²) in [5.41, 5.74) is 6.09. The molecule has 6 heteroatoms. The number of hydrogen-bond acceptors (Lipinski definition) is 2. The summed E-state index contributed by atoms with van der Waals surface area (Å²) in [6.45, 7) is 0.723. The van der Waals surface area contributed by atoms with E-state index < -0.39 is 12.1 Å². The zero-order chi connectivity index (χ0) is 16.7. The molecule has 3 amide bonds. The largest absolute Gasteiger partial charge is 0.356 e. The number of carbonyl (C=O) groups excluding carboxylic acids is 2. The average Bonchev–Trinajstić information content (AvgIpc) is 2.53. The fourth-order valence-electron chi connectivity index (χ4n) is 3.05. The molecule has 1 aromatic carbocycles. The van der Waals surface area contributed by atoms with E-state index in [0.29, 0.717) is 5.92 Å². The Morgan fingerprint density at radius 1 is 1.26 bits per heavy atom. The van der Waals surface area contributed by atoms with Crippen molar-refractivity contribution in [2.24, 2.45) is 11.7 Å². The third-order valence-corrected chi connectivity index (χ3v) is 4.76. The van der Waals surface area contributed by atoms with E-state index in [1.54, 1.807) is 0 Å². The first-order valence-corrected chi connectivity index (χ1v) is 8.92. The number of halogens is 1. The van der Waals surface area contributed by atoms with Gasteiger partial charge in [0, 0.05) is 11.0 Å². The van der Waals surface area contributed by atoms with Crippen molar-refractivity contribution < 1.29 is 9.59 Å². The average molecular weight is 382 g/mol. The third-order valence-electron chi connectivity index (χ3n) is 4.27. The molecule has 2 rings (SSSR count). The molecule has 0 unspecified atom stereocenters. The van der Waals surface area contributed by atoms with E-state index in [1.165, 1.54) is 32.1 Å². The molecule has 126 valence electrons. The highest BCUT2D eigenvalue weighted by atomic mass is 79.9. The lowest BCUT2D eigenvalue weighted by Crippen LogP contribution is -2.37. The molecule has 1 aromatic rings. The van der Waals surface area contributed by atoms with Crippen LogP contribution in [-0.4, -0.2) is 18.5 Å². The number of amides is 3. The van der Waals surface area contributed by atoms with Crippen molar-refractivity contribution >= 4 is 27.9 Å². The fourth-order valence-corrected chi connectivity index (χ4v) is 3.47. The van der Waals surface area contributed by atoms with Crippen LogP contribution in [0.2, 0.25) is 0 Å². The Morgan fingerprint density at radius 2 is 2.00 bits per heavy atom. The zero-order valence-corrected chi connectivity index (χ0v) is 14.8. The number of hydrogen-bond donors (Lipinski definition) is 3. The maximum absolute atomic E-state index is 12.2.